The van der Waals surface area contributed by atoms with Crippen molar-refractivity contribution in [2.45, 2.75) is 49.8 Å². The van der Waals surface area contributed by atoms with Crippen molar-refractivity contribution >= 4 is 23.6 Å². The summed E-state index contributed by atoms with van der Waals surface area (Å²) in [5, 5.41) is 8.80. The average molecular weight is 257 g/mol. The summed E-state index contributed by atoms with van der Waals surface area (Å²) in [6.07, 6.45) is 5.44. The van der Waals surface area contributed by atoms with E-state index in [0.717, 1.165) is 31.4 Å². The Morgan fingerprint density at radius 3 is 2.53 bits per heavy atom. The highest BCUT2D eigenvalue weighted by Crippen LogP contribution is 2.32. The molecule has 2 rings (SSSR count). The van der Waals surface area contributed by atoms with Gasteiger partial charge in [0.05, 0.1) is 11.7 Å². The minimum absolute atomic E-state index is 0.0691. The van der Waals surface area contributed by atoms with Gasteiger partial charge in [0.25, 0.3) is 0 Å². The summed E-state index contributed by atoms with van der Waals surface area (Å²) < 4.78 is 0. The van der Waals surface area contributed by atoms with Gasteiger partial charge in [-0.15, -0.1) is 11.8 Å². The Hall–Kier alpha value is -0.710. The average Bonchev–Trinajstić information content (AvgIpc) is 3.14. The zero-order chi connectivity index (χ0) is 12.3. The van der Waals surface area contributed by atoms with E-state index >= 15 is 0 Å². The molecule has 0 bridgehead atoms. The Bertz CT molecular complexity index is 298. The Kier molecular flexibility index (Phi) is 4.31. The van der Waals surface area contributed by atoms with E-state index in [-0.39, 0.29) is 17.6 Å². The Morgan fingerprint density at radius 1 is 1.24 bits per heavy atom. The van der Waals surface area contributed by atoms with Crippen LogP contribution in [0.2, 0.25) is 0 Å². The van der Waals surface area contributed by atoms with Gasteiger partial charge in [-0.2, -0.15) is 0 Å². The summed E-state index contributed by atoms with van der Waals surface area (Å²) in [5.74, 6) is 0.423. The summed E-state index contributed by atoms with van der Waals surface area (Å²) in [5.41, 5.74) is 0. The van der Waals surface area contributed by atoms with Crippen LogP contribution in [0, 0.1) is 0 Å². The van der Waals surface area contributed by atoms with E-state index in [2.05, 4.69) is 0 Å². The van der Waals surface area contributed by atoms with Crippen molar-refractivity contribution in [2.75, 3.05) is 12.3 Å². The lowest BCUT2D eigenvalue weighted by atomic mass is 10.1. The lowest BCUT2D eigenvalue weighted by Crippen LogP contribution is -2.41. The van der Waals surface area contributed by atoms with Gasteiger partial charge in [-0.1, -0.05) is 6.42 Å². The predicted octanol–water partition coefficient (Wildman–Crippen LogP) is 1.74. The first-order chi connectivity index (χ1) is 8.18. The zero-order valence-electron chi connectivity index (χ0n) is 9.93. The van der Waals surface area contributed by atoms with Crippen LogP contribution in [0.4, 0.5) is 0 Å². The molecule has 1 saturated carbocycles. The maximum Gasteiger partial charge on any atom is 0.305 e. The molecule has 17 heavy (non-hydrogen) atoms. The lowest BCUT2D eigenvalue weighted by Gasteiger charge is -2.28. The summed E-state index contributed by atoms with van der Waals surface area (Å²) >= 11 is 1.74. The van der Waals surface area contributed by atoms with Crippen LogP contribution >= 0.6 is 11.8 Å². The molecule has 0 aromatic carbocycles. The van der Waals surface area contributed by atoms with Crippen molar-refractivity contribution in [1.82, 2.24) is 4.90 Å². The summed E-state index contributed by atoms with van der Waals surface area (Å²) in [7, 11) is 0. The third kappa shape index (κ3) is 3.63. The van der Waals surface area contributed by atoms with Crippen molar-refractivity contribution in [1.29, 1.82) is 0 Å². The van der Waals surface area contributed by atoms with E-state index in [0.29, 0.717) is 12.6 Å². The molecule has 1 aliphatic carbocycles. The molecule has 1 saturated heterocycles. The van der Waals surface area contributed by atoms with Gasteiger partial charge in [0.2, 0.25) is 5.91 Å². The lowest BCUT2D eigenvalue weighted by molar-refractivity contribution is -0.138. The maximum atomic E-state index is 12.3. The molecule has 0 aromatic rings. The third-order valence-corrected chi connectivity index (χ3v) is 4.66. The van der Waals surface area contributed by atoms with E-state index in [1.165, 1.54) is 6.42 Å². The Labute approximate surface area is 106 Å². The largest absolute Gasteiger partial charge is 0.481 e. The molecule has 2 fully saturated rings. The van der Waals surface area contributed by atoms with Crippen LogP contribution < -0.4 is 0 Å². The molecule has 5 heteroatoms. The topological polar surface area (TPSA) is 57.6 Å². The standard InChI is InChI=1S/C12H19NO3S/c14-11(15)6-7-13(9-4-5-9)12(16)10-3-1-2-8-17-10/h9-10H,1-8H2,(H,14,15). The fraction of sp³-hybridized carbons (Fsp3) is 0.833. The Balaban J connectivity index is 1.89. The molecule has 1 N–H and O–H groups in total. The number of hydrogen-bond donors (Lipinski definition) is 1. The number of carbonyl (C=O) groups is 2. The van der Waals surface area contributed by atoms with Gasteiger partial charge in [-0.3, -0.25) is 9.59 Å². The van der Waals surface area contributed by atoms with E-state index in [9.17, 15) is 9.59 Å². The highest BCUT2D eigenvalue weighted by molar-refractivity contribution is 8.00. The maximum absolute atomic E-state index is 12.3. The second-order valence-electron chi connectivity index (χ2n) is 4.76. The van der Waals surface area contributed by atoms with Gasteiger partial charge < -0.3 is 10.0 Å². The fourth-order valence-electron chi connectivity index (χ4n) is 2.20. The molecule has 2 aliphatic rings. The van der Waals surface area contributed by atoms with Gasteiger partial charge in [0.1, 0.15) is 0 Å². The van der Waals surface area contributed by atoms with Crippen LogP contribution in [0.3, 0.4) is 0 Å². The monoisotopic (exact) mass is 257 g/mol. The molecule has 0 aromatic heterocycles. The molecule has 4 nitrogen and oxygen atoms in total. The Morgan fingerprint density at radius 2 is 2.00 bits per heavy atom. The first-order valence-electron chi connectivity index (χ1n) is 6.32. The first kappa shape index (κ1) is 12.7. The first-order valence-corrected chi connectivity index (χ1v) is 7.37. The van der Waals surface area contributed by atoms with E-state index in [1.54, 1.807) is 11.8 Å². The van der Waals surface area contributed by atoms with Crippen LogP contribution in [0.1, 0.15) is 38.5 Å². The summed E-state index contributed by atoms with van der Waals surface area (Å²) in [6.45, 7) is 0.385. The van der Waals surface area contributed by atoms with Crippen molar-refractivity contribution < 1.29 is 14.7 Å². The number of carbonyl (C=O) groups excluding carboxylic acids is 1. The van der Waals surface area contributed by atoms with Crippen molar-refractivity contribution in [3.63, 3.8) is 0 Å². The van der Waals surface area contributed by atoms with Gasteiger partial charge in [0.15, 0.2) is 0 Å². The van der Waals surface area contributed by atoms with Crippen LogP contribution in [0.15, 0.2) is 0 Å². The number of amides is 1. The molecular weight excluding hydrogens is 238 g/mol. The number of thioether (sulfide) groups is 1. The molecule has 0 radical (unpaired) electrons. The number of nitrogens with zero attached hydrogens (tertiary/aromatic N) is 1. The van der Waals surface area contributed by atoms with E-state index < -0.39 is 5.97 Å². The van der Waals surface area contributed by atoms with Crippen molar-refractivity contribution in [3.8, 4) is 0 Å². The van der Waals surface area contributed by atoms with Gasteiger partial charge >= 0.3 is 5.97 Å². The number of carboxylic acids is 1. The number of hydrogen-bond acceptors (Lipinski definition) is 3. The molecule has 1 amide bonds. The van der Waals surface area contributed by atoms with E-state index in [1.807, 2.05) is 4.90 Å². The molecule has 1 heterocycles. The van der Waals surface area contributed by atoms with Crippen molar-refractivity contribution in [3.05, 3.63) is 0 Å². The molecular formula is C12H19NO3S. The summed E-state index contributed by atoms with van der Waals surface area (Å²) in [4.78, 5) is 24.7. The number of rotatable bonds is 5. The fourth-order valence-corrected chi connectivity index (χ4v) is 3.46. The molecule has 96 valence electrons. The normalized spacial score (nSPS) is 24.4. The molecule has 1 aliphatic heterocycles. The van der Waals surface area contributed by atoms with Crippen LogP contribution in [-0.2, 0) is 9.59 Å². The highest BCUT2D eigenvalue weighted by atomic mass is 32.2. The minimum Gasteiger partial charge on any atom is -0.481 e. The number of aliphatic carboxylic acids is 1. The second kappa shape index (κ2) is 5.76. The third-order valence-electron chi connectivity index (χ3n) is 3.29. The minimum atomic E-state index is -0.820. The second-order valence-corrected chi connectivity index (χ2v) is 6.07. The van der Waals surface area contributed by atoms with Crippen LogP contribution in [-0.4, -0.2) is 45.5 Å². The summed E-state index contributed by atoms with van der Waals surface area (Å²) in [6, 6.07) is 0.323. The highest BCUT2D eigenvalue weighted by Gasteiger charge is 2.36. The molecule has 1 unspecified atom stereocenters. The molecule has 0 spiro atoms. The molecule has 1 atom stereocenters. The van der Waals surface area contributed by atoms with Crippen molar-refractivity contribution in [2.24, 2.45) is 0 Å². The number of carboxylic acid groups (broad SMARTS) is 1. The quantitative estimate of drug-likeness (QED) is 0.815. The van der Waals surface area contributed by atoms with Crippen LogP contribution in [0.25, 0.3) is 0 Å². The van der Waals surface area contributed by atoms with Gasteiger partial charge in [-0.25, -0.2) is 0 Å². The van der Waals surface area contributed by atoms with E-state index in [4.69, 9.17) is 5.11 Å². The van der Waals surface area contributed by atoms with Gasteiger partial charge in [-0.05, 0) is 31.4 Å². The smallest absolute Gasteiger partial charge is 0.305 e. The predicted molar refractivity (Wildman–Crippen MR) is 67.1 cm³/mol. The van der Waals surface area contributed by atoms with Gasteiger partial charge in [0, 0.05) is 12.6 Å². The van der Waals surface area contributed by atoms with Crippen LogP contribution in [0.5, 0.6) is 0 Å². The zero-order valence-corrected chi connectivity index (χ0v) is 10.7. The SMILES string of the molecule is O=C(O)CCN(C(=O)C1CCCCS1)C1CC1.